The highest BCUT2D eigenvalue weighted by Gasteiger charge is 2.53. The largest absolute Gasteiger partial charge is 0.465 e. The number of likely N-dealkylation sites (tertiary alicyclic amines) is 1. The number of piperidine rings is 1. The smallest absolute Gasteiger partial charge is 0.407 e. The summed E-state index contributed by atoms with van der Waals surface area (Å²) in [6.45, 7) is 1.05. The number of hydrogen-bond acceptors (Lipinski definition) is 3. The Bertz CT molecular complexity index is 853. The Morgan fingerprint density at radius 3 is 2.73 bits per heavy atom. The molecule has 6 nitrogen and oxygen atoms in total. The lowest BCUT2D eigenvalue weighted by Crippen LogP contribution is -2.47. The van der Waals surface area contributed by atoms with E-state index in [9.17, 15) is 15.0 Å². The van der Waals surface area contributed by atoms with Gasteiger partial charge < -0.3 is 19.7 Å². The van der Waals surface area contributed by atoms with Crippen molar-refractivity contribution in [2.24, 2.45) is 11.3 Å². The number of nitrogens with zero attached hydrogens (tertiary/aromatic N) is 3. The molecule has 1 saturated carbocycles. The highest BCUT2D eigenvalue weighted by atomic mass is 16.4. The van der Waals surface area contributed by atoms with E-state index in [0.29, 0.717) is 13.1 Å². The third kappa shape index (κ3) is 2.08. The van der Waals surface area contributed by atoms with Gasteiger partial charge in [-0.05, 0) is 31.2 Å². The van der Waals surface area contributed by atoms with Crippen LogP contribution in [0, 0.1) is 11.3 Å². The average molecular weight is 353 g/mol. The second kappa shape index (κ2) is 5.58. The van der Waals surface area contributed by atoms with Crippen LogP contribution in [0.15, 0.2) is 36.8 Å². The molecule has 1 aromatic heterocycles. The van der Waals surface area contributed by atoms with E-state index in [1.807, 2.05) is 18.6 Å². The normalized spacial score (nSPS) is 29.0. The van der Waals surface area contributed by atoms with Crippen LogP contribution in [0.5, 0.6) is 0 Å². The van der Waals surface area contributed by atoms with Crippen LogP contribution in [0.3, 0.4) is 0 Å². The number of aliphatic hydroxyl groups excluding tert-OH is 1. The molecule has 136 valence electrons. The molecule has 3 unspecified atom stereocenters. The minimum atomic E-state index is -0.850. The third-order valence-corrected chi connectivity index (χ3v) is 6.96. The van der Waals surface area contributed by atoms with Crippen LogP contribution in [0.1, 0.15) is 37.3 Å². The fraction of sp³-hybridized carbons (Fsp3) is 0.500. The predicted octanol–water partition coefficient (Wildman–Crippen LogP) is 2.98. The lowest BCUT2D eigenvalue weighted by atomic mass is 9.73. The zero-order chi connectivity index (χ0) is 17.9. The van der Waals surface area contributed by atoms with Gasteiger partial charge in [0.15, 0.2) is 0 Å². The number of carbonyl (C=O) groups is 1. The first-order valence-corrected chi connectivity index (χ1v) is 9.38. The Hall–Kier alpha value is -2.34. The zero-order valence-electron chi connectivity index (χ0n) is 14.6. The summed E-state index contributed by atoms with van der Waals surface area (Å²) in [6, 6.07) is 8.53. The van der Waals surface area contributed by atoms with Gasteiger partial charge in [0.2, 0.25) is 0 Å². The van der Waals surface area contributed by atoms with E-state index in [1.54, 1.807) is 0 Å². The van der Waals surface area contributed by atoms with E-state index < -0.39 is 12.2 Å². The van der Waals surface area contributed by atoms with Crippen molar-refractivity contribution < 1.29 is 15.0 Å². The molecule has 1 aromatic carbocycles. The number of amides is 1. The predicted molar refractivity (Wildman–Crippen MR) is 95.8 cm³/mol. The maximum Gasteiger partial charge on any atom is 0.407 e. The van der Waals surface area contributed by atoms with E-state index in [-0.39, 0.29) is 17.4 Å². The van der Waals surface area contributed by atoms with Gasteiger partial charge in [-0.15, -0.1) is 0 Å². The molecule has 1 aliphatic carbocycles. The molecule has 6 heteroatoms. The van der Waals surface area contributed by atoms with Crippen LogP contribution in [0.4, 0.5) is 4.79 Å². The number of rotatable bonds is 1. The molecule has 0 bridgehead atoms. The molecule has 2 aromatic rings. The van der Waals surface area contributed by atoms with E-state index in [4.69, 9.17) is 0 Å². The van der Waals surface area contributed by atoms with Crippen molar-refractivity contribution >= 4 is 6.09 Å². The van der Waals surface area contributed by atoms with Crippen LogP contribution in [0.2, 0.25) is 0 Å². The van der Waals surface area contributed by atoms with Gasteiger partial charge in [0, 0.05) is 30.0 Å². The SMILES string of the molecule is O=C(O)N1CCC2(CCC(C3c4ccccc4-c4cncn43)C2O)CC1. The Morgan fingerprint density at radius 1 is 1.19 bits per heavy atom. The number of aliphatic hydroxyl groups is 1. The number of fused-ring (bicyclic) bond motifs is 3. The molecular weight excluding hydrogens is 330 g/mol. The molecular formula is C20H23N3O3. The lowest BCUT2D eigenvalue weighted by molar-refractivity contribution is -0.0227. The fourth-order valence-electron chi connectivity index (χ4n) is 5.54. The maximum absolute atomic E-state index is 11.3. The number of imidazole rings is 1. The number of hydrogen-bond donors (Lipinski definition) is 2. The maximum atomic E-state index is 11.3. The molecule has 3 heterocycles. The second-order valence-corrected chi connectivity index (χ2v) is 8.00. The number of aromatic nitrogens is 2. The zero-order valence-corrected chi connectivity index (χ0v) is 14.6. The molecule has 2 aliphatic heterocycles. The first kappa shape index (κ1) is 15.9. The van der Waals surface area contributed by atoms with Crippen LogP contribution in [-0.2, 0) is 0 Å². The number of carboxylic acid groups (broad SMARTS) is 1. The van der Waals surface area contributed by atoms with Crippen molar-refractivity contribution in [3.63, 3.8) is 0 Å². The molecule has 3 aliphatic rings. The van der Waals surface area contributed by atoms with Crippen LogP contribution in [-0.4, -0.2) is 50.0 Å². The molecule has 1 amide bonds. The molecule has 1 saturated heterocycles. The monoisotopic (exact) mass is 353 g/mol. The van der Waals surface area contributed by atoms with Gasteiger partial charge in [0.05, 0.1) is 30.4 Å². The Labute approximate surface area is 152 Å². The average Bonchev–Trinajstić information content (AvgIpc) is 3.31. The van der Waals surface area contributed by atoms with Gasteiger partial charge in [0.25, 0.3) is 0 Å². The summed E-state index contributed by atoms with van der Waals surface area (Å²) in [5.41, 5.74) is 3.46. The quantitative estimate of drug-likeness (QED) is 0.826. The first-order chi connectivity index (χ1) is 12.6. The van der Waals surface area contributed by atoms with Crippen molar-refractivity contribution in [1.82, 2.24) is 14.5 Å². The molecule has 1 spiro atoms. The van der Waals surface area contributed by atoms with E-state index in [1.165, 1.54) is 16.0 Å². The van der Waals surface area contributed by atoms with Gasteiger partial charge in [0.1, 0.15) is 0 Å². The standard InChI is InChI=1S/C20H23N3O3/c24-18-15(5-6-20(18)7-9-22(10-8-20)19(25)26)17-14-4-2-1-3-13(14)16-11-21-12-23(16)17/h1-4,11-12,15,17-18,24H,5-10H2,(H,25,26). The summed E-state index contributed by atoms with van der Waals surface area (Å²) in [6.07, 6.45) is 5.96. The van der Waals surface area contributed by atoms with E-state index in [0.717, 1.165) is 31.4 Å². The summed E-state index contributed by atoms with van der Waals surface area (Å²) in [4.78, 5) is 17.0. The van der Waals surface area contributed by atoms with Crippen molar-refractivity contribution in [2.75, 3.05) is 13.1 Å². The number of benzene rings is 1. The molecule has 5 rings (SSSR count). The topological polar surface area (TPSA) is 78.6 Å². The molecule has 0 radical (unpaired) electrons. The van der Waals surface area contributed by atoms with Crippen molar-refractivity contribution in [1.29, 1.82) is 0 Å². The summed E-state index contributed by atoms with van der Waals surface area (Å²) < 4.78 is 2.21. The lowest BCUT2D eigenvalue weighted by Gasteiger charge is -2.42. The fourth-order valence-corrected chi connectivity index (χ4v) is 5.54. The minimum Gasteiger partial charge on any atom is -0.465 e. The minimum absolute atomic E-state index is 0.121. The Morgan fingerprint density at radius 2 is 1.96 bits per heavy atom. The highest BCUT2D eigenvalue weighted by Crippen LogP contribution is 2.55. The van der Waals surface area contributed by atoms with Gasteiger partial charge in [-0.2, -0.15) is 0 Å². The molecule has 3 atom stereocenters. The summed E-state index contributed by atoms with van der Waals surface area (Å²) in [5, 5.41) is 20.5. The van der Waals surface area contributed by atoms with E-state index in [2.05, 4.69) is 27.8 Å². The van der Waals surface area contributed by atoms with Gasteiger partial charge in [-0.1, -0.05) is 24.3 Å². The Balaban J connectivity index is 1.45. The van der Waals surface area contributed by atoms with E-state index >= 15 is 0 Å². The first-order valence-electron chi connectivity index (χ1n) is 9.38. The highest BCUT2D eigenvalue weighted by molar-refractivity contribution is 5.69. The van der Waals surface area contributed by atoms with Gasteiger partial charge >= 0.3 is 6.09 Å². The molecule has 26 heavy (non-hydrogen) atoms. The van der Waals surface area contributed by atoms with Crippen molar-refractivity contribution in [3.8, 4) is 11.3 Å². The van der Waals surface area contributed by atoms with Crippen molar-refractivity contribution in [3.05, 3.63) is 42.4 Å². The van der Waals surface area contributed by atoms with Gasteiger partial charge in [-0.3, -0.25) is 0 Å². The summed E-state index contributed by atoms with van der Waals surface area (Å²) in [5.74, 6) is 0.142. The second-order valence-electron chi connectivity index (χ2n) is 8.00. The Kier molecular flexibility index (Phi) is 3.41. The third-order valence-electron chi connectivity index (χ3n) is 6.96. The van der Waals surface area contributed by atoms with Crippen LogP contribution in [0.25, 0.3) is 11.3 Å². The van der Waals surface area contributed by atoms with Crippen LogP contribution >= 0.6 is 0 Å². The van der Waals surface area contributed by atoms with Gasteiger partial charge in [-0.25, -0.2) is 9.78 Å². The van der Waals surface area contributed by atoms with Crippen molar-refractivity contribution in [2.45, 2.75) is 37.8 Å². The summed E-state index contributed by atoms with van der Waals surface area (Å²) >= 11 is 0. The molecule has 2 N–H and O–H groups in total. The molecule has 2 fully saturated rings. The van der Waals surface area contributed by atoms with Crippen LogP contribution < -0.4 is 0 Å². The summed E-state index contributed by atoms with van der Waals surface area (Å²) in [7, 11) is 0.